The van der Waals surface area contributed by atoms with Crippen LogP contribution in [0.2, 0.25) is 4.34 Å². The fourth-order valence-electron chi connectivity index (χ4n) is 1.53. The topological polar surface area (TPSA) is 46.3 Å². The standard InChI is InChI=1S/C13H19ClN2OS/c1-4-7-16(13(17)9(2)10(3)15)8-11-5-6-12(14)18-11/h4-6,9-10H,1,7-8,15H2,2-3H3. The number of nitrogens with zero attached hydrogens (tertiary/aromatic N) is 1. The molecule has 0 aliphatic carbocycles. The number of nitrogens with two attached hydrogens (primary N) is 1. The molecule has 3 nitrogen and oxygen atoms in total. The van der Waals surface area contributed by atoms with Crippen LogP contribution in [0, 0.1) is 5.92 Å². The average molecular weight is 287 g/mol. The van der Waals surface area contributed by atoms with Gasteiger partial charge in [0.05, 0.1) is 16.8 Å². The molecule has 1 aromatic heterocycles. The first kappa shape index (κ1) is 15.2. The summed E-state index contributed by atoms with van der Waals surface area (Å²) in [6.45, 7) is 8.46. The molecule has 5 heteroatoms. The highest BCUT2D eigenvalue weighted by Gasteiger charge is 2.23. The Morgan fingerprint density at radius 2 is 2.28 bits per heavy atom. The summed E-state index contributed by atoms with van der Waals surface area (Å²) < 4.78 is 0.733. The van der Waals surface area contributed by atoms with E-state index in [9.17, 15) is 4.79 Å². The molecule has 1 amide bonds. The molecule has 0 saturated carbocycles. The van der Waals surface area contributed by atoms with Crippen LogP contribution in [-0.4, -0.2) is 23.4 Å². The van der Waals surface area contributed by atoms with Crippen LogP contribution < -0.4 is 5.73 Å². The molecule has 0 aliphatic heterocycles. The van der Waals surface area contributed by atoms with E-state index in [1.165, 1.54) is 11.3 Å². The van der Waals surface area contributed by atoms with Crippen LogP contribution in [0.5, 0.6) is 0 Å². The third-order valence-corrected chi connectivity index (χ3v) is 4.03. The molecule has 2 atom stereocenters. The molecule has 0 spiro atoms. The van der Waals surface area contributed by atoms with Crippen molar-refractivity contribution in [3.05, 3.63) is 34.0 Å². The number of carbonyl (C=O) groups is 1. The molecule has 1 aromatic rings. The maximum absolute atomic E-state index is 12.3. The SMILES string of the molecule is C=CCN(Cc1ccc(Cl)s1)C(=O)C(C)C(C)N. The minimum Gasteiger partial charge on any atom is -0.334 e. The van der Waals surface area contributed by atoms with E-state index >= 15 is 0 Å². The first-order valence-electron chi connectivity index (χ1n) is 5.85. The maximum Gasteiger partial charge on any atom is 0.227 e. The zero-order valence-electron chi connectivity index (χ0n) is 10.7. The van der Waals surface area contributed by atoms with Crippen LogP contribution in [0.3, 0.4) is 0 Å². The molecule has 18 heavy (non-hydrogen) atoms. The lowest BCUT2D eigenvalue weighted by molar-refractivity contribution is -0.135. The molecular weight excluding hydrogens is 268 g/mol. The van der Waals surface area contributed by atoms with Crippen molar-refractivity contribution < 1.29 is 4.79 Å². The minimum absolute atomic E-state index is 0.0504. The molecule has 0 bridgehead atoms. The average Bonchev–Trinajstić information content (AvgIpc) is 2.72. The zero-order chi connectivity index (χ0) is 13.7. The maximum atomic E-state index is 12.3. The third-order valence-electron chi connectivity index (χ3n) is 2.81. The van der Waals surface area contributed by atoms with Crippen LogP contribution in [0.25, 0.3) is 0 Å². The van der Waals surface area contributed by atoms with E-state index in [4.69, 9.17) is 17.3 Å². The highest BCUT2D eigenvalue weighted by Crippen LogP contribution is 2.23. The van der Waals surface area contributed by atoms with Crippen molar-refractivity contribution in [2.75, 3.05) is 6.54 Å². The number of carbonyl (C=O) groups excluding carboxylic acids is 1. The van der Waals surface area contributed by atoms with E-state index in [-0.39, 0.29) is 17.9 Å². The van der Waals surface area contributed by atoms with Crippen molar-refractivity contribution in [2.45, 2.75) is 26.4 Å². The molecule has 0 fully saturated rings. The summed E-state index contributed by atoms with van der Waals surface area (Å²) in [6.07, 6.45) is 1.72. The van der Waals surface area contributed by atoms with Crippen molar-refractivity contribution in [2.24, 2.45) is 11.7 Å². The Bertz CT molecular complexity index is 417. The van der Waals surface area contributed by atoms with Gasteiger partial charge in [-0.1, -0.05) is 24.6 Å². The van der Waals surface area contributed by atoms with Gasteiger partial charge in [0, 0.05) is 17.5 Å². The first-order chi connectivity index (χ1) is 8.45. The van der Waals surface area contributed by atoms with Gasteiger partial charge in [-0.15, -0.1) is 17.9 Å². The summed E-state index contributed by atoms with van der Waals surface area (Å²) in [5, 5.41) is 0. The second-order valence-electron chi connectivity index (χ2n) is 4.36. The van der Waals surface area contributed by atoms with Crippen molar-refractivity contribution >= 4 is 28.8 Å². The Kier molecular flexibility index (Phi) is 5.85. The summed E-state index contributed by atoms with van der Waals surface area (Å²) in [5.41, 5.74) is 5.78. The highest BCUT2D eigenvalue weighted by molar-refractivity contribution is 7.16. The summed E-state index contributed by atoms with van der Waals surface area (Å²) in [6, 6.07) is 3.62. The summed E-state index contributed by atoms with van der Waals surface area (Å²) >= 11 is 7.37. The fourth-order valence-corrected chi connectivity index (χ4v) is 2.63. The zero-order valence-corrected chi connectivity index (χ0v) is 12.3. The summed E-state index contributed by atoms with van der Waals surface area (Å²) in [4.78, 5) is 15.1. The Morgan fingerprint density at radius 3 is 2.72 bits per heavy atom. The van der Waals surface area contributed by atoms with Gasteiger partial charge < -0.3 is 10.6 Å². The van der Waals surface area contributed by atoms with Crippen molar-refractivity contribution in [1.82, 2.24) is 4.90 Å². The monoisotopic (exact) mass is 286 g/mol. The van der Waals surface area contributed by atoms with Crippen LogP contribution >= 0.6 is 22.9 Å². The third kappa shape index (κ3) is 4.12. The number of amides is 1. The van der Waals surface area contributed by atoms with Gasteiger partial charge in [0.25, 0.3) is 0 Å². The van der Waals surface area contributed by atoms with Crippen LogP contribution in [0.15, 0.2) is 24.8 Å². The van der Waals surface area contributed by atoms with Crippen LogP contribution in [-0.2, 0) is 11.3 Å². The highest BCUT2D eigenvalue weighted by atomic mass is 35.5. The molecule has 2 unspecified atom stereocenters. The second-order valence-corrected chi connectivity index (χ2v) is 6.16. The number of hydrogen-bond acceptors (Lipinski definition) is 3. The Labute approximate surface area is 117 Å². The number of halogens is 1. The second kappa shape index (κ2) is 6.92. The number of thiophene rings is 1. The quantitative estimate of drug-likeness (QED) is 0.818. The lowest BCUT2D eigenvalue weighted by Crippen LogP contribution is -2.41. The fraction of sp³-hybridized carbons (Fsp3) is 0.462. The minimum atomic E-state index is -0.194. The normalized spacial score (nSPS) is 14.0. The van der Waals surface area contributed by atoms with E-state index in [0.29, 0.717) is 13.1 Å². The van der Waals surface area contributed by atoms with Gasteiger partial charge in [0.2, 0.25) is 5.91 Å². The van der Waals surface area contributed by atoms with Crippen LogP contribution in [0.4, 0.5) is 0 Å². The molecule has 100 valence electrons. The molecule has 0 radical (unpaired) electrons. The lowest BCUT2D eigenvalue weighted by Gasteiger charge is -2.25. The summed E-state index contributed by atoms with van der Waals surface area (Å²) in [7, 11) is 0. The van der Waals surface area contributed by atoms with E-state index in [1.54, 1.807) is 11.0 Å². The Balaban J connectivity index is 2.76. The van der Waals surface area contributed by atoms with Gasteiger partial charge >= 0.3 is 0 Å². The largest absolute Gasteiger partial charge is 0.334 e. The Hall–Kier alpha value is -0.840. The molecule has 0 aliphatic rings. The van der Waals surface area contributed by atoms with Gasteiger partial charge in [-0.05, 0) is 19.1 Å². The molecule has 0 aromatic carbocycles. The first-order valence-corrected chi connectivity index (χ1v) is 7.04. The molecule has 2 N–H and O–H groups in total. The molecular formula is C13H19ClN2OS. The van der Waals surface area contributed by atoms with Crippen molar-refractivity contribution in [1.29, 1.82) is 0 Å². The predicted octanol–water partition coefficient (Wildman–Crippen LogP) is 2.90. The molecule has 1 rings (SSSR count). The van der Waals surface area contributed by atoms with Gasteiger partial charge in [0.1, 0.15) is 0 Å². The van der Waals surface area contributed by atoms with Crippen molar-refractivity contribution in [3.63, 3.8) is 0 Å². The number of rotatable bonds is 6. The summed E-state index contributed by atoms with van der Waals surface area (Å²) in [5.74, 6) is -0.144. The van der Waals surface area contributed by atoms with E-state index in [0.717, 1.165) is 9.21 Å². The van der Waals surface area contributed by atoms with E-state index in [2.05, 4.69) is 6.58 Å². The molecule has 0 saturated heterocycles. The smallest absolute Gasteiger partial charge is 0.227 e. The van der Waals surface area contributed by atoms with Crippen molar-refractivity contribution in [3.8, 4) is 0 Å². The van der Waals surface area contributed by atoms with E-state index < -0.39 is 0 Å². The van der Waals surface area contributed by atoms with Gasteiger partial charge in [0.15, 0.2) is 0 Å². The van der Waals surface area contributed by atoms with Crippen LogP contribution in [0.1, 0.15) is 18.7 Å². The van der Waals surface area contributed by atoms with Gasteiger partial charge in [-0.2, -0.15) is 0 Å². The lowest BCUT2D eigenvalue weighted by atomic mass is 10.0. The van der Waals surface area contributed by atoms with Gasteiger partial charge in [-0.25, -0.2) is 0 Å². The molecule has 1 heterocycles. The predicted molar refractivity (Wildman–Crippen MR) is 77.8 cm³/mol. The van der Waals surface area contributed by atoms with E-state index in [1.807, 2.05) is 26.0 Å². The number of hydrogen-bond donors (Lipinski definition) is 1. The van der Waals surface area contributed by atoms with Gasteiger partial charge in [-0.3, -0.25) is 4.79 Å². The Morgan fingerprint density at radius 1 is 1.61 bits per heavy atom.